The molecule has 2 nitrogen and oxygen atoms in total. The fraction of sp³-hybridized carbons (Fsp3) is 0.294. The van der Waals surface area contributed by atoms with Crippen molar-refractivity contribution in [3.63, 3.8) is 0 Å². The molecule has 0 aromatic heterocycles. The Bertz CT molecular complexity index is 595. The van der Waals surface area contributed by atoms with Gasteiger partial charge in [0.2, 0.25) is 0 Å². The average Bonchev–Trinajstić information content (AvgIpc) is 2.42. The first-order valence-corrected chi connectivity index (χ1v) is 6.68. The van der Waals surface area contributed by atoms with Crippen LogP contribution in [-0.4, -0.2) is 0 Å². The second-order valence-electron chi connectivity index (χ2n) is 4.94. The van der Waals surface area contributed by atoms with E-state index in [2.05, 4.69) is 62.2 Å². The van der Waals surface area contributed by atoms with Gasteiger partial charge in [-0.1, -0.05) is 25.1 Å². The van der Waals surface area contributed by atoms with Gasteiger partial charge in [-0.25, -0.2) is 0 Å². The van der Waals surface area contributed by atoms with Crippen molar-refractivity contribution in [3.8, 4) is 0 Å². The van der Waals surface area contributed by atoms with E-state index in [1.54, 1.807) is 0 Å². The van der Waals surface area contributed by atoms with E-state index in [1.807, 2.05) is 12.1 Å². The molecule has 0 amide bonds. The van der Waals surface area contributed by atoms with Crippen LogP contribution in [-0.2, 0) is 6.42 Å². The Morgan fingerprint density at radius 1 is 0.789 bits per heavy atom. The van der Waals surface area contributed by atoms with E-state index < -0.39 is 0 Å². The molecule has 0 N–H and O–H groups in total. The van der Waals surface area contributed by atoms with Crippen LogP contribution in [0, 0.1) is 20.8 Å². The van der Waals surface area contributed by atoms with Gasteiger partial charge >= 0.3 is 0 Å². The average molecular weight is 252 g/mol. The maximum absolute atomic E-state index is 4.36. The van der Waals surface area contributed by atoms with Crippen LogP contribution in [0.25, 0.3) is 0 Å². The van der Waals surface area contributed by atoms with Crippen molar-refractivity contribution < 1.29 is 0 Å². The molecule has 0 fully saturated rings. The molecular formula is C17H20N2. The fourth-order valence-corrected chi connectivity index (χ4v) is 1.96. The number of rotatable bonds is 3. The quantitative estimate of drug-likeness (QED) is 0.636. The molecule has 0 unspecified atom stereocenters. The molecule has 0 saturated heterocycles. The van der Waals surface area contributed by atoms with E-state index in [-0.39, 0.29) is 0 Å². The van der Waals surface area contributed by atoms with Gasteiger partial charge < -0.3 is 0 Å². The third-order valence-electron chi connectivity index (χ3n) is 3.43. The standard InChI is InChI=1S/C17H20N2/c1-5-15-6-8-16(9-7-15)18-19-17-11-13(3)12(2)10-14(17)4/h6-11H,5H2,1-4H3. The van der Waals surface area contributed by atoms with Gasteiger partial charge in [0.05, 0.1) is 11.4 Å². The Morgan fingerprint density at radius 3 is 2.05 bits per heavy atom. The second-order valence-corrected chi connectivity index (χ2v) is 4.94. The summed E-state index contributed by atoms with van der Waals surface area (Å²) in [5, 5.41) is 8.67. The molecule has 0 spiro atoms. The maximum Gasteiger partial charge on any atom is 0.0889 e. The zero-order chi connectivity index (χ0) is 13.8. The summed E-state index contributed by atoms with van der Waals surface area (Å²) in [5.74, 6) is 0. The number of azo groups is 1. The Labute approximate surface area is 115 Å². The molecule has 0 bridgehead atoms. The van der Waals surface area contributed by atoms with Crippen LogP contribution in [0.1, 0.15) is 29.2 Å². The molecule has 0 heterocycles. The van der Waals surface area contributed by atoms with Gasteiger partial charge in [0, 0.05) is 0 Å². The fourth-order valence-electron chi connectivity index (χ4n) is 1.96. The highest BCUT2D eigenvalue weighted by Crippen LogP contribution is 2.25. The summed E-state index contributed by atoms with van der Waals surface area (Å²) in [5.41, 5.74) is 6.88. The number of aryl methyl sites for hydroxylation is 4. The molecule has 2 rings (SSSR count). The van der Waals surface area contributed by atoms with Crippen LogP contribution in [0.2, 0.25) is 0 Å². The Hall–Kier alpha value is -1.96. The SMILES string of the molecule is CCc1ccc(N=Nc2cc(C)c(C)cc2C)cc1. The molecule has 0 aliphatic heterocycles. The number of benzene rings is 2. The van der Waals surface area contributed by atoms with Crippen LogP contribution in [0.15, 0.2) is 46.6 Å². The van der Waals surface area contributed by atoms with Crippen LogP contribution < -0.4 is 0 Å². The van der Waals surface area contributed by atoms with Crippen LogP contribution in [0.3, 0.4) is 0 Å². The second kappa shape index (κ2) is 5.79. The summed E-state index contributed by atoms with van der Waals surface area (Å²) >= 11 is 0. The van der Waals surface area contributed by atoms with Crippen LogP contribution in [0.4, 0.5) is 11.4 Å². The first-order chi connectivity index (χ1) is 9.10. The van der Waals surface area contributed by atoms with Gasteiger partial charge in [0.15, 0.2) is 0 Å². The summed E-state index contributed by atoms with van der Waals surface area (Å²) in [6.45, 7) is 8.44. The minimum atomic E-state index is 0.898. The van der Waals surface area contributed by atoms with Crippen molar-refractivity contribution in [1.82, 2.24) is 0 Å². The smallest absolute Gasteiger partial charge is 0.0889 e. The van der Waals surface area contributed by atoms with Crippen molar-refractivity contribution in [2.24, 2.45) is 10.2 Å². The highest BCUT2D eigenvalue weighted by atomic mass is 15.1. The van der Waals surface area contributed by atoms with Gasteiger partial charge in [-0.15, -0.1) is 0 Å². The summed E-state index contributed by atoms with van der Waals surface area (Å²) in [6.07, 6.45) is 1.05. The molecule has 0 aliphatic carbocycles. The zero-order valence-corrected chi connectivity index (χ0v) is 12.1. The van der Waals surface area contributed by atoms with Crippen LogP contribution >= 0.6 is 0 Å². The monoisotopic (exact) mass is 252 g/mol. The topological polar surface area (TPSA) is 24.7 Å². The minimum absolute atomic E-state index is 0.898. The maximum atomic E-state index is 4.36. The molecule has 19 heavy (non-hydrogen) atoms. The Kier molecular flexibility index (Phi) is 4.10. The molecule has 0 atom stereocenters. The summed E-state index contributed by atoms with van der Waals surface area (Å²) in [6, 6.07) is 12.5. The normalized spacial score (nSPS) is 11.2. The minimum Gasteiger partial charge on any atom is -0.151 e. The summed E-state index contributed by atoms with van der Waals surface area (Å²) in [7, 11) is 0. The zero-order valence-electron chi connectivity index (χ0n) is 12.1. The lowest BCUT2D eigenvalue weighted by atomic mass is 10.1. The Balaban J connectivity index is 2.24. The largest absolute Gasteiger partial charge is 0.151 e. The summed E-state index contributed by atoms with van der Waals surface area (Å²) < 4.78 is 0. The predicted octanol–water partition coefficient (Wildman–Crippen LogP) is 5.59. The van der Waals surface area contributed by atoms with Crippen molar-refractivity contribution in [3.05, 3.63) is 58.7 Å². The van der Waals surface area contributed by atoms with Crippen molar-refractivity contribution in [2.45, 2.75) is 34.1 Å². The highest BCUT2D eigenvalue weighted by Gasteiger charge is 2.00. The lowest BCUT2D eigenvalue weighted by Crippen LogP contribution is -1.83. The lowest BCUT2D eigenvalue weighted by molar-refractivity contribution is 1.13. The first-order valence-electron chi connectivity index (χ1n) is 6.68. The van der Waals surface area contributed by atoms with Gasteiger partial charge in [0.25, 0.3) is 0 Å². The van der Waals surface area contributed by atoms with E-state index in [9.17, 15) is 0 Å². The van der Waals surface area contributed by atoms with Gasteiger partial charge in [-0.05, 0) is 67.6 Å². The van der Waals surface area contributed by atoms with E-state index in [1.165, 1.54) is 16.7 Å². The molecule has 98 valence electrons. The van der Waals surface area contributed by atoms with Crippen molar-refractivity contribution >= 4 is 11.4 Å². The summed E-state index contributed by atoms with van der Waals surface area (Å²) in [4.78, 5) is 0. The van der Waals surface area contributed by atoms with E-state index >= 15 is 0 Å². The Morgan fingerprint density at radius 2 is 1.42 bits per heavy atom. The first kappa shape index (κ1) is 13.5. The molecular weight excluding hydrogens is 232 g/mol. The molecule has 2 aromatic carbocycles. The molecule has 0 aliphatic rings. The van der Waals surface area contributed by atoms with E-state index in [4.69, 9.17) is 0 Å². The van der Waals surface area contributed by atoms with Gasteiger partial charge in [-0.2, -0.15) is 10.2 Å². The van der Waals surface area contributed by atoms with Crippen molar-refractivity contribution in [2.75, 3.05) is 0 Å². The third kappa shape index (κ3) is 3.28. The van der Waals surface area contributed by atoms with Crippen LogP contribution in [0.5, 0.6) is 0 Å². The lowest BCUT2D eigenvalue weighted by Gasteiger charge is -2.04. The number of hydrogen-bond donors (Lipinski definition) is 0. The molecule has 2 aromatic rings. The molecule has 0 radical (unpaired) electrons. The molecule has 0 saturated carbocycles. The number of hydrogen-bond acceptors (Lipinski definition) is 2. The van der Waals surface area contributed by atoms with Crippen molar-refractivity contribution in [1.29, 1.82) is 0 Å². The third-order valence-corrected chi connectivity index (χ3v) is 3.43. The van der Waals surface area contributed by atoms with E-state index in [0.717, 1.165) is 23.4 Å². The highest BCUT2D eigenvalue weighted by molar-refractivity contribution is 5.50. The van der Waals surface area contributed by atoms with Gasteiger partial charge in [-0.3, -0.25) is 0 Å². The number of nitrogens with zero attached hydrogens (tertiary/aromatic N) is 2. The predicted molar refractivity (Wildman–Crippen MR) is 80.6 cm³/mol. The van der Waals surface area contributed by atoms with E-state index in [0.29, 0.717) is 0 Å². The van der Waals surface area contributed by atoms with Gasteiger partial charge in [0.1, 0.15) is 0 Å². The molecule has 2 heteroatoms.